The first-order chi connectivity index (χ1) is 6.92. The van der Waals surface area contributed by atoms with Gasteiger partial charge in [-0.1, -0.05) is 44.9 Å². The van der Waals surface area contributed by atoms with E-state index >= 15 is 0 Å². The van der Waals surface area contributed by atoms with Crippen molar-refractivity contribution in [1.82, 2.24) is 0 Å². The third-order valence-corrected chi connectivity index (χ3v) is 4.22. The summed E-state index contributed by atoms with van der Waals surface area (Å²) in [6.45, 7) is 0. The first-order valence-corrected chi connectivity index (χ1v) is 6.32. The molecule has 1 radical (unpaired) electrons. The Bertz CT molecular complexity index is 161. The van der Waals surface area contributed by atoms with Crippen LogP contribution >= 0.6 is 0 Å². The second kappa shape index (κ2) is 5.16. The Morgan fingerprint density at radius 2 is 1.43 bits per heavy atom. The highest BCUT2D eigenvalue weighted by molar-refractivity contribution is 4.83. The fourth-order valence-corrected chi connectivity index (χ4v) is 3.43. The standard InChI is InChI=1S/C13H23O/c1-14-13-10-6-5-9-12(13)11-7-3-2-4-8-11/h11-13H,1-10H2. The van der Waals surface area contributed by atoms with Crippen molar-refractivity contribution in [3.8, 4) is 0 Å². The molecule has 2 rings (SSSR count). The molecular formula is C13H23O. The maximum atomic E-state index is 5.41. The van der Waals surface area contributed by atoms with Gasteiger partial charge in [0.05, 0.1) is 13.2 Å². The molecule has 0 aromatic heterocycles. The number of ether oxygens (including phenoxy) is 1. The number of hydrogen-bond donors (Lipinski definition) is 0. The molecule has 0 spiro atoms. The van der Waals surface area contributed by atoms with Gasteiger partial charge in [-0.15, -0.1) is 0 Å². The normalized spacial score (nSPS) is 35.8. The summed E-state index contributed by atoms with van der Waals surface area (Å²) in [5.74, 6) is 1.79. The molecule has 0 heterocycles. The van der Waals surface area contributed by atoms with Crippen molar-refractivity contribution in [3.05, 3.63) is 7.11 Å². The van der Waals surface area contributed by atoms with Crippen molar-refractivity contribution in [2.45, 2.75) is 63.9 Å². The molecule has 0 amide bonds. The summed E-state index contributed by atoms with van der Waals surface area (Å²) in [6.07, 6.45) is 13.1. The van der Waals surface area contributed by atoms with Crippen LogP contribution in [0.25, 0.3) is 0 Å². The van der Waals surface area contributed by atoms with Crippen molar-refractivity contribution >= 4 is 0 Å². The molecule has 2 unspecified atom stereocenters. The second-order valence-corrected chi connectivity index (χ2v) is 5.05. The lowest BCUT2D eigenvalue weighted by atomic mass is 9.72. The van der Waals surface area contributed by atoms with Gasteiger partial charge in [0.1, 0.15) is 0 Å². The average Bonchev–Trinajstić information content (AvgIpc) is 2.30. The minimum atomic E-state index is 0.479. The Labute approximate surface area is 88.2 Å². The average molecular weight is 195 g/mol. The number of rotatable bonds is 2. The van der Waals surface area contributed by atoms with Gasteiger partial charge >= 0.3 is 0 Å². The van der Waals surface area contributed by atoms with Crippen molar-refractivity contribution in [3.63, 3.8) is 0 Å². The van der Waals surface area contributed by atoms with E-state index in [1.165, 1.54) is 57.8 Å². The van der Waals surface area contributed by atoms with Crippen molar-refractivity contribution in [2.75, 3.05) is 0 Å². The molecule has 2 fully saturated rings. The Morgan fingerprint density at radius 3 is 2.14 bits per heavy atom. The first kappa shape index (κ1) is 10.5. The van der Waals surface area contributed by atoms with E-state index in [4.69, 9.17) is 4.74 Å². The van der Waals surface area contributed by atoms with Crippen molar-refractivity contribution in [1.29, 1.82) is 0 Å². The fraction of sp³-hybridized carbons (Fsp3) is 0.923. The van der Waals surface area contributed by atoms with Crippen LogP contribution in [0, 0.1) is 18.9 Å². The van der Waals surface area contributed by atoms with Gasteiger partial charge < -0.3 is 4.74 Å². The SMILES string of the molecule is [CH2]OC1CCCCC1C1CCCCC1. The quantitative estimate of drug-likeness (QED) is 0.648. The molecule has 2 saturated carbocycles. The summed E-state index contributed by atoms with van der Waals surface area (Å²) in [5.41, 5.74) is 0. The topological polar surface area (TPSA) is 9.23 Å². The van der Waals surface area contributed by atoms with E-state index < -0.39 is 0 Å². The molecule has 1 heteroatoms. The van der Waals surface area contributed by atoms with E-state index in [0.717, 1.165) is 11.8 Å². The summed E-state index contributed by atoms with van der Waals surface area (Å²) >= 11 is 0. The zero-order valence-corrected chi connectivity index (χ0v) is 9.21. The second-order valence-electron chi connectivity index (χ2n) is 5.05. The molecule has 0 aromatic rings. The lowest BCUT2D eigenvalue weighted by Gasteiger charge is -2.38. The highest BCUT2D eigenvalue weighted by atomic mass is 16.5. The first-order valence-electron chi connectivity index (χ1n) is 6.32. The Morgan fingerprint density at radius 1 is 0.786 bits per heavy atom. The molecule has 2 atom stereocenters. The van der Waals surface area contributed by atoms with E-state index in [2.05, 4.69) is 7.11 Å². The molecule has 2 aliphatic carbocycles. The zero-order chi connectivity index (χ0) is 9.80. The van der Waals surface area contributed by atoms with Gasteiger partial charge in [-0.3, -0.25) is 0 Å². The predicted molar refractivity (Wildman–Crippen MR) is 58.8 cm³/mol. The molecule has 0 aromatic carbocycles. The number of hydrogen-bond acceptors (Lipinski definition) is 1. The van der Waals surface area contributed by atoms with E-state index in [-0.39, 0.29) is 0 Å². The van der Waals surface area contributed by atoms with Crippen molar-refractivity contribution < 1.29 is 4.74 Å². The Kier molecular flexibility index (Phi) is 3.86. The third kappa shape index (κ3) is 2.31. The van der Waals surface area contributed by atoms with Crippen LogP contribution in [0.3, 0.4) is 0 Å². The minimum absolute atomic E-state index is 0.479. The molecule has 2 aliphatic rings. The molecule has 1 nitrogen and oxygen atoms in total. The molecule has 14 heavy (non-hydrogen) atoms. The third-order valence-electron chi connectivity index (χ3n) is 4.22. The predicted octanol–water partition coefficient (Wildman–Crippen LogP) is 3.93. The van der Waals surface area contributed by atoms with E-state index in [1.807, 2.05) is 0 Å². The van der Waals surface area contributed by atoms with Crippen molar-refractivity contribution in [2.24, 2.45) is 11.8 Å². The Balaban J connectivity index is 1.91. The fourth-order valence-electron chi connectivity index (χ4n) is 3.43. The van der Waals surface area contributed by atoms with E-state index in [9.17, 15) is 0 Å². The van der Waals surface area contributed by atoms with E-state index in [0.29, 0.717) is 6.10 Å². The highest BCUT2D eigenvalue weighted by Crippen LogP contribution is 2.39. The molecule has 0 bridgehead atoms. The van der Waals surface area contributed by atoms with Crippen LogP contribution in [0.2, 0.25) is 0 Å². The van der Waals surface area contributed by atoms with Gasteiger partial charge in [-0.25, -0.2) is 0 Å². The van der Waals surface area contributed by atoms with Crippen LogP contribution in [0.15, 0.2) is 0 Å². The maximum absolute atomic E-state index is 5.41. The summed E-state index contributed by atoms with van der Waals surface area (Å²) < 4.78 is 5.41. The van der Waals surface area contributed by atoms with Gasteiger partial charge in [0, 0.05) is 0 Å². The van der Waals surface area contributed by atoms with Crippen LogP contribution in [0.1, 0.15) is 57.8 Å². The molecule has 0 aliphatic heterocycles. The monoisotopic (exact) mass is 195 g/mol. The van der Waals surface area contributed by atoms with Gasteiger partial charge in [-0.05, 0) is 24.7 Å². The summed E-state index contributed by atoms with van der Waals surface area (Å²) in [4.78, 5) is 0. The van der Waals surface area contributed by atoms with Crippen LogP contribution in [0.4, 0.5) is 0 Å². The molecule has 81 valence electrons. The molecule has 0 N–H and O–H groups in total. The molecular weight excluding hydrogens is 172 g/mol. The van der Waals surface area contributed by atoms with Crippen LogP contribution in [-0.4, -0.2) is 6.10 Å². The van der Waals surface area contributed by atoms with Gasteiger partial charge in [0.2, 0.25) is 0 Å². The van der Waals surface area contributed by atoms with Gasteiger partial charge in [-0.2, -0.15) is 0 Å². The maximum Gasteiger partial charge on any atom is 0.0704 e. The van der Waals surface area contributed by atoms with Crippen LogP contribution in [-0.2, 0) is 4.74 Å². The molecule has 0 saturated heterocycles. The summed E-state index contributed by atoms with van der Waals surface area (Å²) in [6, 6.07) is 0. The lowest BCUT2D eigenvalue weighted by Crippen LogP contribution is -2.33. The van der Waals surface area contributed by atoms with Crippen LogP contribution < -0.4 is 0 Å². The van der Waals surface area contributed by atoms with Gasteiger partial charge in [0.25, 0.3) is 0 Å². The minimum Gasteiger partial charge on any atom is -0.376 e. The Hall–Kier alpha value is -0.0400. The zero-order valence-electron chi connectivity index (χ0n) is 9.21. The lowest BCUT2D eigenvalue weighted by molar-refractivity contribution is 0.00999. The van der Waals surface area contributed by atoms with Gasteiger partial charge in [0.15, 0.2) is 0 Å². The van der Waals surface area contributed by atoms with Crippen LogP contribution in [0.5, 0.6) is 0 Å². The smallest absolute Gasteiger partial charge is 0.0704 e. The largest absolute Gasteiger partial charge is 0.376 e. The summed E-state index contributed by atoms with van der Waals surface area (Å²) in [5, 5.41) is 0. The van der Waals surface area contributed by atoms with E-state index in [1.54, 1.807) is 0 Å². The highest BCUT2D eigenvalue weighted by Gasteiger charge is 2.32. The summed E-state index contributed by atoms with van der Waals surface area (Å²) in [7, 11) is 3.65.